The van der Waals surface area contributed by atoms with Crippen molar-refractivity contribution in [2.24, 2.45) is 0 Å². The highest BCUT2D eigenvalue weighted by atomic mass is 16.5. The van der Waals surface area contributed by atoms with E-state index >= 15 is 0 Å². The van der Waals surface area contributed by atoms with Crippen LogP contribution in [0, 0.1) is 0 Å². The first-order valence-corrected chi connectivity index (χ1v) is 6.37. The van der Waals surface area contributed by atoms with Crippen molar-refractivity contribution in [2.75, 3.05) is 13.1 Å². The molecule has 106 valence electrons. The van der Waals surface area contributed by atoms with Crippen LogP contribution in [0.25, 0.3) is 0 Å². The number of nitrogens with zero attached hydrogens (tertiary/aromatic N) is 3. The van der Waals surface area contributed by atoms with Crippen molar-refractivity contribution in [3.8, 4) is 0 Å². The van der Waals surface area contributed by atoms with Crippen LogP contribution in [0.2, 0.25) is 0 Å². The molecule has 0 atom stereocenters. The lowest BCUT2D eigenvalue weighted by molar-refractivity contribution is -0.144. The maximum atomic E-state index is 11.8. The first-order chi connectivity index (χ1) is 9.06. The zero-order valence-electron chi connectivity index (χ0n) is 11.3. The number of carbonyl (C=O) groups excluding carboxylic acids is 1. The van der Waals surface area contributed by atoms with E-state index in [1.54, 1.807) is 6.92 Å². The van der Waals surface area contributed by atoms with Crippen LogP contribution in [-0.2, 0) is 22.4 Å². The van der Waals surface area contributed by atoms with E-state index in [1.165, 1.54) is 4.90 Å². The molecule has 7 heteroatoms. The highest BCUT2D eigenvalue weighted by molar-refractivity contribution is 5.81. The Hall–Kier alpha value is -1.92. The summed E-state index contributed by atoms with van der Waals surface area (Å²) in [5.74, 6) is -0.177. The minimum Gasteiger partial charge on any atom is -0.480 e. The van der Waals surface area contributed by atoms with Gasteiger partial charge in [-0.3, -0.25) is 9.59 Å². The third kappa shape index (κ3) is 5.07. The molecule has 0 aliphatic heterocycles. The van der Waals surface area contributed by atoms with Crippen molar-refractivity contribution in [3.63, 3.8) is 0 Å². The van der Waals surface area contributed by atoms with E-state index in [0.29, 0.717) is 24.7 Å². The van der Waals surface area contributed by atoms with E-state index in [4.69, 9.17) is 9.63 Å². The Kier molecular flexibility index (Phi) is 5.98. The van der Waals surface area contributed by atoms with Gasteiger partial charge in [-0.05, 0) is 13.3 Å². The van der Waals surface area contributed by atoms with Crippen molar-refractivity contribution < 1.29 is 19.2 Å². The second-order valence-corrected chi connectivity index (χ2v) is 4.16. The zero-order valence-corrected chi connectivity index (χ0v) is 11.3. The summed E-state index contributed by atoms with van der Waals surface area (Å²) in [7, 11) is 0. The number of likely N-dealkylation sites (N-methyl/N-ethyl adjacent to an activating group) is 1. The van der Waals surface area contributed by atoms with Gasteiger partial charge in [-0.2, -0.15) is 4.98 Å². The molecule has 1 heterocycles. The largest absolute Gasteiger partial charge is 0.480 e. The van der Waals surface area contributed by atoms with Crippen LogP contribution in [0.5, 0.6) is 0 Å². The number of carboxylic acid groups (broad SMARTS) is 1. The second kappa shape index (κ2) is 7.50. The normalized spacial score (nSPS) is 10.4. The first-order valence-electron chi connectivity index (χ1n) is 6.37. The Bertz CT molecular complexity index is 430. The number of carboxylic acids is 1. The highest BCUT2D eigenvalue weighted by Crippen LogP contribution is 2.05. The fourth-order valence-electron chi connectivity index (χ4n) is 1.63. The van der Waals surface area contributed by atoms with Crippen molar-refractivity contribution in [1.82, 2.24) is 15.0 Å². The standard InChI is InChI=1S/C12H19N3O4/c1-3-5-9-13-10(19-14-9)6-7-11(16)15(4-2)8-12(17)18/h3-8H2,1-2H3,(H,17,18). The number of amides is 1. The molecule has 0 saturated heterocycles. The smallest absolute Gasteiger partial charge is 0.323 e. The summed E-state index contributed by atoms with van der Waals surface area (Å²) in [6, 6.07) is 0. The highest BCUT2D eigenvalue weighted by Gasteiger charge is 2.16. The fourth-order valence-corrected chi connectivity index (χ4v) is 1.63. The lowest BCUT2D eigenvalue weighted by Crippen LogP contribution is -2.35. The van der Waals surface area contributed by atoms with Gasteiger partial charge in [-0.15, -0.1) is 0 Å². The average molecular weight is 269 g/mol. The van der Waals surface area contributed by atoms with Gasteiger partial charge in [0.25, 0.3) is 0 Å². The lowest BCUT2D eigenvalue weighted by Gasteiger charge is -2.17. The van der Waals surface area contributed by atoms with Crippen LogP contribution in [0.3, 0.4) is 0 Å². The molecule has 1 aromatic heterocycles. The summed E-state index contributed by atoms with van der Waals surface area (Å²) in [6.07, 6.45) is 2.19. The van der Waals surface area contributed by atoms with E-state index in [-0.39, 0.29) is 18.9 Å². The number of aryl methyl sites for hydroxylation is 2. The third-order valence-corrected chi connectivity index (χ3v) is 2.60. The maximum Gasteiger partial charge on any atom is 0.323 e. The van der Waals surface area contributed by atoms with Gasteiger partial charge < -0.3 is 14.5 Å². The number of hydrogen-bond acceptors (Lipinski definition) is 5. The van der Waals surface area contributed by atoms with Crippen LogP contribution in [0.1, 0.15) is 38.4 Å². The van der Waals surface area contributed by atoms with Gasteiger partial charge >= 0.3 is 5.97 Å². The maximum absolute atomic E-state index is 11.8. The predicted molar refractivity (Wildman–Crippen MR) is 66.5 cm³/mol. The van der Waals surface area contributed by atoms with E-state index in [1.807, 2.05) is 6.92 Å². The van der Waals surface area contributed by atoms with Gasteiger partial charge in [-0.1, -0.05) is 12.1 Å². The number of aliphatic carboxylic acids is 1. The summed E-state index contributed by atoms with van der Waals surface area (Å²) in [5, 5.41) is 12.5. The molecular weight excluding hydrogens is 250 g/mol. The van der Waals surface area contributed by atoms with Crippen molar-refractivity contribution >= 4 is 11.9 Å². The molecule has 1 rings (SSSR count). The van der Waals surface area contributed by atoms with Crippen LogP contribution in [-0.4, -0.2) is 45.1 Å². The number of aromatic nitrogens is 2. The quantitative estimate of drug-likeness (QED) is 0.752. The Morgan fingerprint density at radius 2 is 2.05 bits per heavy atom. The van der Waals surface area contributed by atoms with Gasteiger partial charge in [0.05, 0.1) is 0 Å². The molecule has 0 fully saturated rings. The molecular formula is C12H19N3O4. The Balaban J connectivity index is 2.45. The summed E-state index contributed by atoms with van der Waals surface area (Å²) in [5.41, 5.74) is 0. The fraction of sp³-hybridized carbons (Fsp3) is 0.667. The molecule has 0 spiro atoms. The van der Waals surface area contributed by atoms with E-state index in [2.05, 4.69) is 10.1 Å². The zero-order chi connectivity index (χ0) is 14.3. The summed E-state index contributed by atoms with van der Waals surface area (Å²) in [6.45, 7) is 3.85. The van der Waals surface area contributed by atoms with Gasteiger partial charge in [0.15, 0.2) is 5.82 Å². The minimum atomic E-state index is -1.02. The van der Waals surface area contributed by atoms with Crippen molar-refractivity contribution in [3.05, 3.63) is 11.7 Å². The minimum absolute atomic E-state index is 0.175. The monoisotopic (exact) mass is 269 g/mol. The van der Waals surface area contributed by atoms with E-state index in [9.17, 15) is 9.59 Å². The molecule has 0 aromatic carbocycles. The molecule has 0 saturated carbocycles. The van der Waals surface area contributed by atoms with Crippen molar-refractivity contribution in [2.45, 2.75) is 39.5 Å². The Labute approximate surface area is 111 Å². The number of carbonyl (C=O) groups is 2. The molecule has 0 radical (unpaired) electrons. The number of rotatable bonds is 8. The summed E-state index contributed by atoms with van der Waals surface area (Å²) >= 11 is 0. The van der Waals surface area contributed by atoms with Gasteiger partial charge in [0.1, 0.15) is 6.54 Å². The molecule has 0 aliphatic rings. The lowest BCUT2D eigenvalue weighted by atomic mass is 10.2. The molecule has 0 bridgehead atoms. The van der Waals surface area contributed by atoms with Gasteiger partial charge in [0.2, 0.25) is 11.8 Å². The molecule has 1 N–H and O–H groups in total. The third-order valence-electron chi connectivity index (χ3n) is 2.60. The molecule has 0 aliphatic carbocycles. The molecule has 1 amide bonds. The molecule has 7 nitrogen and oxygen atoms in total. The van der Waals surface area contributed by atoms with Crippen LogP contribution >= 0.6 is 0 Å². The van der Waals surface area contributed by atoms with Gasteiger partial charge in [-0.25, -0.2) is 0 Å². The summed E-state index contributed by atoms with van der Waals surface area (Å²) in [4.78, 5) is 27.8. The molecule has 0 unspecified atom stereocenters. The second-order valence-electron chi connectivity index (χ2n) is 4.16. The van der Waals surface area contributed by atoms with Crippen LogP contribution in [0.15, 0.2) is 4.52 Å². The Morgan fingerprint density at radius 3 is 2.63 bits per heavy atom. The van der Waals surface area contributed by atoms with E-state index in [0.717, 1.165) is 12.8 Å². The average Bonchev–Trinajstić information content (AvgIpc) is 2.81. The molecule has 1 aromatic rings. The Morgan fingerprint density at radius 1 is 1.32 bits per heavy atom. The number of hydrogen-bond donors (Lipinski definition) is 1. The van der Waals surface area contributed by atoms with E-state index < -0.39 is 5.97 Å². The van der Waals surface area contributed by atoms with Crippen molar-refractivity contribution in [1.29, 1.82) is 0 Å². The SMILES string of the molecule is CCCc1noc(CCC(=O)N(CC)CC(=O)O)n1. The van der Waals surface area contributed by atoms with Gasteiger partial charge in [0, 0.05) is 25.8 Å². The molecule has 19 heavy (non-hydrogen) atoms. The topological polar surface area (TPSA) is 96.5 Å². The first kappa shape index (κ1) is 15.1. The predicted octanol–water partition coefficient (Wildman–Crippen LogP) is 0.888. The summed E-state index contributed by atoms with van der Waals surface area (Å²) < 4.78 is 5.01. The van der Waals surface area contributed by atoms with Crippen LogP contribution < -0.4 is 0 Å². The van der Waals surface area contributed by atoms with Crippen LogP contribution in [0.4, 0.5) is 0 Å².